The maximum atomic E-state index is 13.5. The highest BCUT2D eigenvalue weighted by molar-refractivity contribution is 6.04. The molecule has 0 fully saturated rings. The molecule has 120 valence electrons. The van der Waals surface area contributed by atoms with Crippen LogP contribution in [0.15, 0.2) is 48.5 Å². The highest BCUT2D eigenvalue weighted by Crippen LogP contribution is 2.38. The number of rotatable bonds is 4. The number of aliphatic carboxylic acids is 1. The SMILES string of the molecule is O=C(O)CC1=C/C(=C\c2ccc(C(=O)O)cc2)c2ccc(F)cc21. The fourth-order valence-corrected chi connectivity index (χ4v) is 2.71. The van der Waals surface area contributed by atoms with E-state index in [0.29, 0.717) is 11.1 Å². The van der Waals surface area contributed by atoms with Crippen LogP contribution in [-0.2, 0) is 4.79 Å². The summed E-state index contributed by atoms with van der Waals surface area (Å²) in [6.45, 7) is 0. The zero-order valence-corrected chi connectivity index (χ0v) is 12.5. The van der Waals surface area contributed by atoms with Crippen LogP contribution in [0.4, 0.5) is 4.39 Å². The second kappa shape index (κ2) is 6.12. The topological polar surface area (TPSA) is 74.6 Å². The predicted octanol–water partition coefficient (Wildman–Crippen LogP) is 3.94. The summed E-state index contributed by atoms with van der Waals surface area (Å²) in [6, 6.07) is 10.6. The lowest BCUT2D eigenvalue weighted by molar-refractivity contribution is -0.135. The summed E-state index contributed by atoms with van der Waals surface area (Å²) < 4.78 is 13.5. The van der Waals surface area contributed by atoms with Crippen LogP contribution in [0, 0.1) is 5.82 Å². The Kier molecular flexibility index (Phi) is 4.00. The third-order valence-corrected chi connectivity index (χ3v) is 3.79. The van der Waals surface area contributed by atoms with Crippen molar-refractivity contribution in [2.75, 3.05) is 0 Å². The molecule has 0 atom stereocenters. The van der Waals surface area contributed by atoms with Crippen molar-refractivity contribution in [3.05, 3.63) is 76.6 Å². The van der Waals surface area contributed by atoms with Crippen molar-refractivity contribution in [2.45, 2.75) is 6.42 Å². The van der Waals surface area contributed by atoms with E-state index in [1.807, 2.05) is 6.08 Å². The van der Waals surface area contributed by atoms with Crippen molar-refractivity contribution in [3.63, 3.8) is 0 Å². The number of hydrogen-bond acceptors (Lipinski definition) is 2. The van der Waals surface area contributed by atoms with E-state index in [1.54, 1.807) is 24.3 Å². The van der Waals surface area contributed by atoms with E-state index in [0.717, 1.165) is 16.7 Å². The maximum absolute atomic E-state index is 13.5. The van der Waals surface area contributed by atoms with Gasteiger partial charge < -0.3 is 10.2 Å². The van der Waals surface area contributed by atoms with E-state index >= 15 is 0 Å². The van der Waals surface area contributed by atoms with E-state index < -0.39 is 17.8 Å². The lowest BCUT2D eigenvalue weighted by Gasteiger charge is -2.04. The third-order valence-electron chi connectivity index (χ3n) is 3.79. The van der Waals surface area contributed by atoms with E-state index in [9.17, 15) is 14.0 Å². The summed E-state index contributed by atoms with van der Waals surface area (Å²) in [4.78, 5) is 21.9. The molecule has 0 bridgehead atoms. The molecule has 0 amide bonds. The largest absolute Gasteiger partial charge is 0.481 e. The van der Waals surface area contributed by atoms with Crippen molar-refractivity contribution in [2.24, 2.45) is 0 Å². The van der Waals surface area contributed by atoms with Gasteiger partial charge in [0.25, 0.3) is 0 Å². The molecule has 3 rings (SSSR count). The summed E-state index contributed by atoms with van der Waals surface area (Å²) in [7, 11) is 0. The predicted molar refractivity (Wildman–Crippen MR) is 87.9 cm³/mol. The summed E-state index contributed by atoms with van der Waals surface area (Å²) in [6.07, 6.45) is 3.35. The number of allylic oxidation sites excluding steroid dienone is 2. The third kappa shape index (κ3) is 3.10. The average molecular weight is 324 g/mol. The number of halogens is 1. The highest BCUT2D eigenvalue weighted by Gasteiger charge is 2.20. The lowest BCUT2D eigenvalue weighted by atomic mass is 10.0. The van der Waals surface area contributed by atoms with Gasteiger partial charge in [-0.2, -0.15) is 0 Å². The Bertz CT molecular complexity index is 892. The standard InChI is InChI=1S/C19H13FO4/c20-15-5-6-16-13(8-14(9-18(21)22)17(16)10-15)7-11-1-3-12(4-2-11)19(23)24/h1-8,10H,9H2,(H,21,22)(H,23,24)/b13-7+. The normalized spacial score (nSPS) is 14.4. The molecule has 1 aliphatic rings. The van der Waals surface area contributed by atoms with E-state index in [-0.39, 0.29) is 12.0 Å². The first-order valence-electron chi connectivity index (χ1n) is 7.22. The summed E-state index contributed by atoms with van der Waals surface area (Å²) >= 11 is 0. The molecule has 1 aliphatic carbocycles. The molecule has 4 nitrogen and oxygen atoms in total. The van der Waals surface area contributed by atoms with Gasteiger partial charge in [0, 0.05) is 0 Å². The molecule has 2 aromatic carbocycles. The molecular formula is C19H13FO4. The number of carboxylic acids is 2. The number of hydrogen-bond donors (Lipinski definition) is 2. The second-order valence-electron chi connectivity index (χ2n) is 5.46. The van der Waals surface area contributed by atoms with E-state index in [2.05, 4.69) is 0 Å². The highest BCUT2D eigenvalue weighted by atomic mass is 19.1. The van der Waals surface area contributed by atoms with Crippen molar-refractivity contribution >= 4 is 29.2 Å². The van der Waals surface area contributed by atoms with Gasteiger partial charge in [0.1, 0.15) is 5.82 Å². The Hall–Kier alpha value is -3.21. The molecule has 0 radical (unpaired) electrons. The first kappa shape index (κ1) is 15.7. The van der Waals surface area contributed by atoms with E-state index in [1.165, 1.54) is 24.3 Å². The summed E-state index contributed by atoms with van der Waals surface area (Å²) in [5, 5.41) is 17.9. The van der Waals surface area contributed by atoms with Gasteiger partial charge in [0.05, 0.1) is 12.0 Å². The summed E-state index contributed by atoms with van der Waals surface area (Å²) in [5.74, 6) is -2.40. The minimum Gasteiger partial charge on any atom is -0.481 e. The molecule has 0 aliphatic heterocycles. The zero-order valence-electron chi connectivity index (χ0n) is 12.5. The van der Waals surface area contributed by atoms with Gasteiger partial charge in [-0.3, -0.25) is 4.79 Å². The van der Waals surface area contributed by atoms with Gasteiger partial charge in [-0.1, -0.05) is 18.2 Å². The number of benzene rings is 2. The Labute approximate surface area is 137 Å². The van der Waals surface area contributed by atoms with Crippen LogP contribution in [0.5, 0.6) is 0 Å². The molecule has 0 heterocycles. The monoisotopic (exact) mass is 324 g/mol. The molecule has 0 spiro atoms. The fraction of sp³-hybridized carbons (Fsp3) is 0.0526. The molecule has 0 saturated carbocycles. The Morgan fingerprint density at radius 3 is 2.33 bits per heavy atom. The first-order valence-corrected chi connectivity index (χ1v) is 7.22. The van der Waals surface area contributed by atoms with Crippen LogP contribution >= 0.6 is 0 Å². The van der Waals surface area contributed by atoms with Gasteiger partial charge in [-0.15, -0.1) is 0 Å². The number of carboxylic acid groups (broad SMARTS) is 2. The molecule has 2 aromatic rings. The Balaban J connectivity index is 2.02. The van der Waals surface area contributed by atoms with Crippen LogP contribution in [-0.4, -0.2) is 22.2 Å². The van der Waals surface area contributed by atoms with Crippen molar-refractivity contribution in [3.8, 4) is 0 Å². The Morgan fingerprint density at radius 1 is 1.00 bits per heavy atom. The molecule has 0 saturated heterocycles. The zero-order chi connectivity index (χ0) is 17.3. The van der Waals surface area contributed by atoms with Crippen LogP contribution in [0.2, 0.25) is 0 Å². The minimum atomic E-state index is -1.00. The molecular weight excluding hydrogens is 311 g/mol. The van der Waals surface area contributed by atoms with Gasteiger partial charge in [0.2, 0.25) is 0 Å². The lowest BCUT2D eigenvalue weighted by Crippen LogP contribution is -1.96. The average Bonchev–Trinajstić information content (AvgIpc) is 2.84. The van der Waals surface area contributed by atoms with Crippen LogP contribution in [0.3, 0.4) is 0 Å². The van der Waals surface area contributed by atoms with Crippen molar-refractivity contribution in [1.82, 2.24) is 0 Å². The molecule has 24 heavy (non-hydrogen) atoms. The van der Waals surface area contributed by atoms with Gasteiger partial charge in [-0.05, 0) is 64.3 Å². The van der Waals surface area contributed by atoms with E-state index in [4.69, 9.17) is 10.2 Å². The molecule has 5 heteroatoms. The first-order chi connectivity index (χ1) is 11.4. The smallest absolute Gasteiger partial charge is 0.335 e. The fourth-order valence-electron chi connectivity index (χ4n) is 2.71. The maximum Gasteiger partial charge on any atom is 0.335 e. The van der Waals surface area contributed by atoms with Gasteiger partial charge in [0.15, 0.2) is 0 Å². The van der Waals surface area contributed by atoms with Crippen LogP contribution in [0.1, 0.15) is 33.5 Å². The molecule has 2 N–H and O–H groups in total. The van der Waals surface area contributed by atoms with Gasteiger partial charge >= 0.3 is 11.9 Å². The minimum absolute atomic E-state index is 0.188. The summed E-state index contributed by atoms with van der Waals surface area (Å²) in [5.41, 5.74) is 3.61. The molecule has 0 unspecified atom stereocenters. The number of carbonyl (C=O) groups is 2. The number of aromatic carboxylic acids is 1. The van der Waals surface area contributed by atoms with Crippen molar-refractivity contribution in [1.29, 1.82) is 0 Å². The van der Waals surface area contributed by atoms with Crippen molar-refractivity contribution < 1.29 is 24.2 Å². The second-order valence-corrected chi connectivity index (χ2v) is 5.46. The quantitative estimate of drug-likeness (QED) is 0.893. The molecule has 0 aromatic heterocycles. The van der Waals surface area contributed by atoms with Crippen LogP contribution < -0.4 is 0 Å². The number of fused-ring (bicyclic) bond motifs is 1. The Morgan fingerprint density at radius 2 is 1.71 bits per heavy atom. The van der Waals surface area contributed by atoms with Gasteiger partial charge in [-0.25, -0.2) is 9.18 Å². The van der Waals surface area contributed by atoms with Crippen LogP contribution in [0.25, 0.3) is 17.2 Å².